The van der Waals surface area contributed by atoms with Gasteiger partial charge in [-0.05, 0) is 35.0 Å². The van der Waals surface area contributed by atoms with Crippen molar-refractivity contribution in [2.45, 2.75) is 19.3 Å². The van der Waals surface area contributed by atoms with Gasteiger partial charge in [0.1, 0.15) is 11.9 Å². The Morgan fingerprint density at radius 2 is 2.08 bits per heavy atom. The van der Waals surface area contributed by atoms with E-state index in [1.54, 1.807) is 13.0 Å². The second-order valence-electron chi connectivity index (χ2n) is 2.75. The fraction of sp³-hybridized carbons (Fsp3) is 0.333. The number of benzene rings is 1. The summed E-state index contributed by atoms with van der Waals surface area (Å²) < 4.78 is 6.11. The van der Waals surface area contributed by atoms with E-state index in [9.17, 15) is 0 Å². The van der Waals surface area contributed by atoms with Gasteiger partial charge < -0.3 is 9.84 Å². The maximum atomic E-state index is 9.11. The first-order chi connectivity index (χ1) is 6.11. The molecule has 1 aromatic rings. The highest BCUT2D eigenvalue weighted by Gasteiger charge is 2.11. The third-order valence-electron chi connectivity index (χ3n) is 1.58. The number of aliphatic hydroxyl groups excluding tert-OH is 1. The zero-order chi connectivity index (χ0) is 9.84. The van der Waals surface area contributed by atoms with Crippen LogP contribution in [-0.4, -0.2) is 17.4 Å². The van der Waals surface area contributed by atoms with Crippen LogP contribution in [-0.2, 0) is 0 Å². The molecule has 0 spiro atoms. The average Bonchev–Trinajstić information content (AvgIpc) is 2.08. The topological polar surface area (TPSA) is 55.5 Å². The SMILES string of the molecule is CC(O)C(N)Oc1ccccc1Br. The van der Waals surface area contributed by atoms with E-state index in [2.05, 4.69) is 15.9 Å². The van der Waals surface area contributed by atoms with Crippen molar-refractivity contribution < 1.29 is 9.84 Å². The molecule has 1 aromatic carbocycles. The standard InChI is InChI=1S/C9H12BrNO2/c1-6(12)9(11)13-8-5-3-2-4-7(8)10/h2-6,9,12H,11H2,1H3. The smallest absolute Gasteiger partial charge is 0.173 e. The Kier molecular flexibility index (Phi) is 3.71. The Morgan fingerprint density at radius 1 is 1.46 bits per heavy atom. The van der Waals surface area contributed by atoms with Crippen LogP contribution in [0.1, 0.15) is 6.92 Å². The molecule has 0 bridgehead atoms. The largest absolute Gasteiger partial charge is 0.472 e. The molecule has 0 aliphatic carbocycles. The van der Waals surface area contributed by atoms with Crippen molar-refractivity contribution in [2.24, 2.45) is 5.73 Å². The van der Waals surface area contributed by atoms with Crippen LogP contribution in [0.4, 0.5) is 0 Å². The second-order valence-corrected chi connectivity index (χ2v) is 3.61. The molecule has 0 aromatic heterocycles. The van der Waals surface area contributed by atoms with Crippen molar-refractivity contribution in [1.82, 2.24) is 0 Å². The summed E-state index contributed by atoms with van der Waals surface area (Å²) >= 11 is 3.31. The molecule has 0 fully saturated rings. The highest BCUT2D eigenvalue weighted by Crippen LogP contribution is 2.24. The lowest BCUT2D eigenvalue weighted by molar-refractivity contribution is 0.0524. The van der Waals surface area contributed by atoms with E-state index in [0.29, 0.717) is 5.75 Å². The highest BCUT2D eigenvalue weighted by molar-refractivity contribution is 9.10. The molecule has 72 valence electrons. The molecule has 0 aliphatic rings. The molecule has 2 unspecified atom stereocenters. The van der Waals surface area contributed by atoms with Crippen LogP contribution in [0, 0.1) is 0 Å². The molecule has 2 atom stereocenters. The van der Waals surface area contributed by atoms with Crippen molar-refractivity contribution in [3.63, 3.8) is 0 Å². The summed E-state index contributed by atoms with van der Waals surface area (Å²) in [5, 5.41) is 9.11. The lowest BCUT2D eigenvalue weighted by Crippen LogP contribution is -2.37. The van der Waals surface area contributed by atoms with Crippen molar-refractivity contribution >= 4 is 15.9 Å². The molecule has 0 aliphatic heterocycles. The van der Waals surface area contributed by atoms with Gasteiger partial charge in [0.25, 0.3) is 0 Å². The Hall–Kier alpha value is -0.580. The van der Waals surface area contributed by atoms with Crippen molar-refractivity contribution in [3.05, 3.63) is 28.7 Å². The predicted molar refractivity (Wildman–Crippen MR) is 54.4 cm³/mol. The van der Waals surface area contributed by atoms with Gasteiger partial charge in [-0.25, -0.2) is 0 Å². The third-order valence-corrected chi connectivity index (χ3v) is 2.23. The molecule has 1 rings (SSSR count). The van der Waals surface area contributed by atoms with Crippen molar-refractivity contribution in [3.8, 4) is 5.75 Å². The quantitative estimate of drug-likeness (QED) is 0.794. The van der Waals surface area contributed by atoms with Gasteiger partial charge in [0.2, 0.25) is 0 Å². The Morgan fingerprint density at radius 3 is 2.62 bits per heavy atom. The minimum atomic E-state index is -0.696. The number of para-hydroxylation sites is 1. The minimum absolute atomic E-state index is 0.635. The lowest BCUT2D eigenvalue weighted by atomic mass is 10.3. The fourth-order valence-electron chi connectivity index (χ4n) is 0.785. The predicted octanol–water partition coefficient (Wildman–Crippen LogP) is 1.49. The van der Waals surface area contributed by atoms with Crippen molar-refractivity contribution in [1.29, 1.82) is 0 Å². The van der Waals surface area contributed by atoms with E-state index in [4.69, 9.17) is 15.6 Å². The molecule has 13 heavy (non-hydrogen) atoms. The molecule has 0 radical (unpaired) electrons. The number of hydrogen-bond acceptors (Lipinski definition) is 3. The Balaban J connectivity index is 2.69. The molecule has 0 amide bonds. The number of aliphatic hydroxyl groups is 1. The molecule has 3 nitrogen and oxygen atoms in total. The van der Waals surface area contributed by atoms with Gasteiger partial charge in [-0.1, -0.05) is 12.1 Å². The first-order valence-corrected chi connectivity index (χ1v) is 4.75. The van der Waals surface area contributed by atoms with E-state index < -0.39 is 12.3 Å². The summed E-state index contributed by atoms with van der Waals surface area (Å²) in [6.45, 7) is 1.58. The second kappa shape index (κ2) is 4.60. The van der Waals surface area contributed by atoms with Crippen LogP contribution in [0.25, 0.3) is 0 Å². The number of nitrogens with two attached hydrogens (primary N) is 1. The summed E-state index contributed by atoms with van der Waals surface area (Å²) in [7, 11) is 0. The maximum Gasteiger partial charge on any atom is 0.173 e. The third kappa shape index (κ3) is 2.99. The van der Waals surface area contributed by atoms with Gasteiger partial charge in [-0.15, -0.1) is 0 Å². The van der Waals surface area contributed by atoms with E-state index in [1.165, 1.54) is 0 Å². The monoisotopic (exact) mass is 245 g/mol. The summed E-state index contributed by atoms with van der Waals surface area (Å²) in [4.78, 5) is 0. The van der Waals surface area contributed by atoms with E-state index in [-0.39, 0.29) is 0 Å². The number of ether oxygens (including phenoxy) is 1. The number of rotatable bonds is 3. The van der Waals surface area contributed by atoms with Crippen LogP contribution in [0.15, 0.2) is 28.7 Å². The van der Waals surface area contributed by atoms with Crippen LogP contribution in [0.3, 0.4) is 0 Å². The number of hydrogen-bond donors (Lipinski definition) is 2. The summed E-state index contributed by atoms with van der Waals surface area (Å²) in [5.41, 5.74) is 5.52. The molecular weight excluding hydrogens is 234 g/mol. The molecule has 0 saturated heterocycles. The van der Waals surface area contributed by atoms with E-state index in [1.807, 2.05) is 18.2 Å². The van der Waals surface area contributed by atoms with Crippen molar-refractivity contribution in [2.75, 3.05) is 0 Å². The molecule has 0 saturated carbocycles. The Labute approximate surface area is 85.6 Å². The van der Waals surface area contributed by atoms with Crippen LogP contribution < -0.4 is 10.5 Å². The maximum absolute atomic E-state index is 9.11. The first kappa shape index (κ1) is 10.5. The average molecular weight is 246 g/mol. The zero-order valence-electron chi connectivity index (χ0n) is 7.27. The first-order valence-electron chi connectivity index (χ1n) is 3.96. The Bertz CT molecular complexity index is 278. The van der Waals surface area contributed by atoms with Gasteiger partial charge in [0.15, 0.2) is 6.23 Å². The van der Waals surface area contributed by atoms with Gasteiger partial charge in [-0.3, -0.25) is 5.73 Å². The van der Waals surface area contributed by atoms with Gasteiger partial charge in [-0.2, -0.15) is 0 Å². The lowest BCUT2D eigenvalue weighted by Gasteiger charge is -2.17. The van der Waals surface area contributed by atoms with E-state index >= 15 is 0 Å². The fourth-order valence-corrected chi connectivity index (χ4v) is 1.16. The minimum Gasteiger partial charge on any atom is -0.472 e. The van der Waals surface area contributed by atoms with Gasteiger partial charge in [0, 0.05) is 0 Å². The van der Waals surface area contributed by atoms with Crippen LogP contribution in [0.5, 0.6) is 5.75 Å². The molecule has 4 heteroatoms. The summed E-state index contributed by atoms with van der Waals surface area (Å²) in [6, 6.07) is 7.36. The van der Waals surface area contributed by atoms with Gasteiger partial charge >= 0.3 is 0 Å². The van der Waals surface area contributed by atoms with Crippen LogP contribution in [0.2, 0.25) is 0 Å². The molecule has 0 heterocycles. The van der Waals surface area contributed by atoms with Crippen LogP contribution >= 0.6 is 15.9 Å². The summed E-state index contributed by atoms with van der Waals surface area (Å²) in [6.07, 6.45) is -1.38. The normalized spacial score (nSPS) is 15.1. The zero-order valence-corrected chi connectivity index (χ0v) is 8.86. The highest BCUT2D eigenvalue weighted by atomic mass is 79.9. The number of halogens is 1. The molecule has 3 N–H and O–H groups in total. The molecular formula is C9H12BrNO2. The van der Waals surface area contributed by atoms with Gasteiger partial charge in [0.05, 0.1) is 4.47 Å². The summed E-state index contributed by atoms with van der Waals surface area (Å²) in [5.74, 6) is 0.635. The van der Waals surface area contributed by atoms with E-state index in [0.717, 1.165) is 4.47 Å².